The van der Waals surface area contributed by atoms with Gasteiger partial charge in [-0.2, -0.15) is 0 Å². The molecule has 0 N–H and O–H groups in total. The number of hydrogen-bond donors (Lipinski definition) is 0. The topological polar surface area (TPSA) is 63.7 Å². The average molecular weight is 401 g/mol. The van der Waals surface area contributed by atoms with Crippen LogP contribution in [-0.2, 0) is 9.59 Å². The van der Waals surface area contributed by atoms with Crippen LogP contribution in [-0.4, -0.2) is 23.7 Å². The van der Waals surface area contributed by atoms with E-state index in [-0.39, 0.29) is 41.3 Å². The Kier molecular flexibility index (Phi) is 4.35. The molecule has 2 bridgehead atoms. The van der Waals surface area contributed by atoms with Crippen LogP contribution in [0.4, 0.5) is 5.69 Å². The Hall–Kier alpha value is -3.21. The minimum atomic E-state index is -0.749. The van der Waals surface area contributed by atoms with Crippen LogP contribution in [0.3, 0.4) is 0 Å². The molecule has 5 nitrogen and oxygen atoms in total. The maximum Gasteiger partial charge on any atom is 0.238 e. The summed E-state index contributed by atoms with van der Waals surface area (Å²) >= 11 is 0. The van der Waals surface area contributed by atoms with Crippen molar-refractivity contribution in [2.45, 2.75) is 26.4 Å². The number of amides is 2. The molecule has 2 fully saturated rings. The zero-order valence-corrected chi connectivity index (χ0v) is 16.9. The Bertz CT molecular complexity index is 1070. The number of hydrogen-bond acceptors (Lipinski definition) is 4. The molecule has 1 heterocycles. The number of ether oxygens (including phenoxy) is 1. The first kappa shape index (κ1) is 18.8. The first-order valence-electron chi connectivity index (χ1n) is 10.4. The maximum absolute atomic E-state index is 13.3. The van der Waals surface area contributed by atoms with Gasteiger partial charge < -0.3 is 4.74 Å². The molecule has 0 spiro atoms. The molecule has 2 aromatic carbocycles. The number of ketones is 1. The van der Waals surface area contributed by atoms with E-state index in [1.165, 1.54) is 10.5 Å². The molecule has 3 aliphatic rings. The van der Waals surface area contributed by atoms with E-state index in [1.807, 2.05) is 6.07 Å². The van der Waals surface area contributed by atoms with Crippen LogP contribution >= 0.6 is 0 Å². The van der Waals surface area contributed by atoms with Gasteiger partial charge in [0.05, 0.1) is 17.5 Å². The summed E-state index contributed by atoms with van der Waals surface area (Å²) < 4.78 is 5.97. The van der Waals surface area contributed by atoms with E-state index < -0.39 is 6.10 Å². The number of carbonyl (C=O) groups excluding carboxylic acids is 3. The highest BCUT2D eigenvalue weighted by molar-refractivity contribution is 6.23. The van der Waals surface area contributed by atoms with Crippen LogP contribution in [0.1, 0.15) is 30.6 Å². The summed E-state index contributed by atoms with van der Waals surface area (Å²) in [7, 11) is 0. The van der Waals surface area contributed by atoms with Crippen LogP contribution < -0.4 is 9.64 Å². The predicted molar refractivity (Wildman–Crippen MR) is 112 cm³/mol. The molecule has 1 aliphatic heterocycles. The number of nitrogens with zero attached hydrogens (tertiary/aromatic N) is 1. The van der Waals surface area contributed by atoms with Crippen LogP contribution in [0.15, 0.2) is 66.2 Å². The third-order valence-electron chi connectivity index (χ3n) is 6.72. The standard InChI is InChI=1S/C25H23NO4/c1-14-12-17-13-18(14)22-21(17)24(28)26(25(22)29)19-10-6-7-11-20(19)30-15(2)23(27)16-8-4-3-5-9-16/h3-12,15,17-18,21-22H,13H2,1-2H3/t15-,17-,18+,21+,22-/m0/s1. The van der Waals surface area contributed by atoms with Gasteiger partial charge in [0.2, 0.25) is 17.6 Å². The van der Waals surface area contributed by atoms with Gasteiger partial charge in [0.25, 0.3) is 0 Å². The molecule has 0 radical (unpaired) electrons. The molecular weight excluding hydrogens is 378 g/mol. The summed E-state index contributed by atoms with van der Waals surface area (Å²) in [6.45, 7) is 3.73. The van der Waals surface area contributed by atoms with E-state index in [1.54, 1.807) is 55.5 Å². The van der Waals surface area contributed by atoms with Gasteiger partial charge in [-0.3, -0.25) is 14.4 Å². The number of Topliss-reactive ketones (excluding diaryl/α,β-unsaturated/α-hetero) is 1. The second-order valence-corrected chi connectivity index (χ2v) is 8.44. The molecule has 2 aliphatic carbocycles. The largest absolute Gasteiger partial charge is 0.480 e. The van der Waals surface area contributed by atoms with Crippen molar-refractivity contribution in [3.63, 3.8) is 0 Å². The zero-order chi connectivity index (χ0) is 21.0. The molecule has 1 saturated carbocycles. The smallest absolute Gasteiger partial charge is 0.238 e. The number of imide groups is 1. The third-order valence-corrected chi connectivity index (χ3v) is 6.72. The summed E-state index contributed by atoms with van der Waals surface area (Å²) in [5, 5.41) is 0. The molecule has 0 unspecified atom stereocenters. The van der Waals surface area contributed by atoms with Crippen LogP contribution in [0.25, 0.3) is 0 Å². The lowest BCUT2D eigenvalue weighted by Crippen LogP contribution is -2.34. The Labute approximate surface area is 175 Å². The van der Waals surface area contributed by atoms with Crippen molar-refractivity contribution in [2.24, 2.45) is 23.7 Å². The van der Waals surface area contributed by atoms with Crippen molar-refractivity contribution in [2.75, 3.05) is 4.90 Å². The van der Waals surface area contributed by atoms with Gasteiger partial charge in [0.1, 0.15) is 5.75 Å². The lowest BCUT2D eigenvalue weighted by atomic mass is 9.82. The quantitative estimate of drug-likeness (QED) is 0.431. The second-order valence-electron chi connectivity index (χ2n) is 8.44. The molecule has 152 valence electrons. The molecular formula is C25H23NO4. The van der Waals surface area contributed by atoms with E-state index in [0.29, 0.717) is 17.0 Å². The van der Waals surface area contributed by atoms with Crippen molar-refractivity contribution in [1.29, 1.82) is 0 Å². The summed E-state index contributed by atoms with van der Waals surface area (Å²) in [4.78, 5) is 40.5. The van der Waals surface area contributed by atoms with E-state index in [0.717, 1.165) is 6.42 Å². The predicted octanol–water partition coefficient (Wildman–Crippen LogP) is 4.04. The minimum absolute atomic E-state index is 0.146. The highest BCUT2D eigenvalue weighted by atomic mass is 16.5. The first-order valence-corrected chi connectivity index (χ1v) is 10.4. The average Bonchev–Trinajstić information content (AvgIpc) is 3.39. The fraction of sp³-hybridized carbons (Fsp3) is 0.320. The van der Waals surface area contributed by atoms with E-state index >= 15 is 0 Å². The highest BCUT2D eigenvalue weighted by Crippen LogP contribution is 2.56. The van der Waals surface area contributed by atoms with E-state index in [4.69, 9.17) is 4.74 Å². The Morgan fingerprint density at radius 2 is 1.67 bits per heavy atom. The van der Waals surface area contributed by atoms with Crippen LogP contribution in [0.5, 0.6) is 5.75 Å². The summed E-state index contributed by atoms with van der Waals surface area (Å²) in [5.74, 6) is -0.331. The summed E-state index contributed by atoms with van der Waals surface area (Å²) in [5.41, 5.74) is 2.20. The van der Waals surface area contributed by atoms with Crippen molar-refractivity contribution in [1.82, 2.24) is 0 Å². The Morgan fingerprint density at radius 1 is 1.00 bits per heavy atom. The summed E-state index contributed by atoms with van der Waals surface area (Å²) in [6, 6.07) is 15.9. The molecule has 2 amide bonds. The molecule has 2 aromatic rings. The minimum Gasteiger partial charge on any atom is -0.480 e. The van der Waals surface area contributed by atoms with Crippen molar-refractivity contribution in [3.05, 3.63) is 71.8 Å². The lowest BCUT2D eigenvalue weighted by Gasteiger charge is -2.22. The van der Waals surface area contributed by atoms with Crippen molar-refractivity contribution in [3.8, 4) is 5.75 Å². The van der Waals surface area contributed by atoms with Crippen LogP contribution in [0.2, 0.25) is 0 Å². The van der Waals surface area contributed by atoms with Gasteiger partial charge in [-0.25, -0.2) is 4.90 Å². The number of benzene rings is 2. The third kappa shape index (κ3) is 2.72. The molecule has 1 saturated heterocycles. The number of para-hydroxylation sites is 2. The Balaban J connectivity index is 1.43. The fourth-order valence-electron chi connectivity index (χ4n) is 5.33. The highest BCUT2D eigenvalue weighted by Gasteiger charge is 2.61. The number of carbonyl (C=O) groups is 3. The van der Waals surface area contributed by atoms with Gasteiger partial charge in [0, 0.05) is 5.56 Å². The van der Waals surface area contributed by atoms with Gasteiger partial charge in [-0.1, -0.05) is 54.1 Å². The van der Waals surface area contributed by atoms with Crippen molar-refractivity contribution >= 4 is 23.3 Å². The first-order chi connectivity index (χ1) is 14.5. The molecule has 0 aromatic heterocycles. The molecule has 30 heavy (non-hydrogen) atoms. The zero-order valence-electron chi connectivity index (χ0n) is 16.9. The van der Waals surface area contributed by atoms with Gasteiger partial charge >= 0.3 is 0 Å². The maximum atomic E-state index is 13.3. The number of allylic oxidation sites excluding steroid dienone is 2. The molecule has 5 heteroatoms. The van der Waals surface area contributed by atoms with Gasteiger partial charge in [0.15, 0.2) is 6.10 Å². The Morgan fingerprint density at radius 3 is 2.43 bits per heavy atom. The van der Waals surface area contributed by atoms with Gasteiger partial charge in [-0.15, -0.1) is 0 Å². The fourth-order valence-corrected chi connectivity index (χ4v) is 5.33. The second kappa shape index (κ2) is 6.94. The number of fused-ring (bicyclic) bond motifs is 5. The molecule has 5 rings (SSSR count). The lowest BCUT2D eigenvalue weighted by molar-refractivity contribution is -0.123. The number of anilines is 1. The SMILES string of the molecule is CC1=C[C@H]2C[C@H]1[C@@H]1C(=O)N(c3ccccc3O[C@@H](C)C(=O)c3ccccc3)C(=O)[C@@H]12. The summed E-state index contributed by atoms with van der Waals surface area (Å²) in [6.07, 6.45) is 2.30. The van der Waals surface area contributed by atoms with Crippen molar-refractivity contribution < 1.29 is 19.1 Å². The number of rotatable bonds is 5. The normalized spacial score (nSPS) is 27.8. The monoisotopic (exact) mass is 401 g/mol. The van der Waals surface area contributed by atoms with E-state index in [9.17, 15) is 14.4 Å². The van der Waals surface area contributed by atoms with Gasteiger partial charge in [-0.05, 0) is 44.2 Å². The van der Waals surface area contributed by atoms with E-state index in [2.05, 4.69) is 13.0 Å². The van der Waals surface area contributed by atoms with Crippen LogP contribution in [0, 0.1) is 23.7 Å². The molecule has 5 atom stereocenters.